The number of amides is 3. The second-order valence-corrected chi connectivity index (χ2v) is 6.34. The number of primary amides is 1. The number of carbonyl (C=O) groups is 3. The van der Waals surface area contributed by atoms with Gasteiger partial charge in [-0.05, 0) is 25.0 Å². The molecule has 1 aromatic rings. The third kappa shape index (κ3) is 6.19. The molecule has 0 aromatic heterocycles. The highest BCUT2D eigenvalue weighted by Crippen LogP contribution is 2.28. The number of rotatable bonds is 9. The van der Waals surface area contributed by atoms with Crippen LogP contribution in [0.2, 0.25) is 0 Å². The predicted octanol–water partition coefficient (Wildman–Crippen LogP) is 0.929. The normalized spacial score (nSPS) is 19.1. The number of halogens is 2. The molecule has 1 heterocycles. The van der Waals surface area contributed by atoms with Crippen molar-refractivity contribution in [1.29, 1.82) is 0 Å². The number of nitrogens with one attached hydrogen (secondary N) is 1. The maximum atomic E-state index is 12.9. The minimum atomic E-state index is -2.64. The summed E-state index contributed by atoms with van der Waals surface area (Å²) in [6, 6.07) is 8.08. The van der Waals surface area contributed by atoms with Crippen LogP contribution in [-0.4, -0.2) is 54.8 Å². The summed E-state index contributed by atoms with van der Waals surface area (Å²) in [4.78, 5) is 36.4. The van der Waals surface area contributed by atoms with Crippen LogP contribution in [0.15, 0.2) is 30.3 Å². The lowest BCUT2D eigenvalue weighted by Crippen LogP contribution is -2.47. The Hall–Kier alpha value is -2.71. The monoisotopic (exact) mass is 383 g/mol. The lowest BCUT2D eigenvalue weighted by atomic mass is 10.1. The van der Waals surface area contributed by atoms with Gasteiger partial charge in [-0.3, -0.25) is 14.4 Å². The van der Waals surface area contributed by atoms with Gasteiger partial charge in [-0.15, -0.1) is 0 Å². The number of likely N-dealkylation sites (tertiary alicyclic amines) is 1. The molecular formula is C18H23F2N3O4. The minimum absolute atomic E-state index is 0.152. The number of para-hydroxylation sites is 1. The summed E-state index contributed by atoms with van der Waals surface area (Å²) in [5.41, 5.74) is 5.19. The standard InChI is InChI=1S/C18H23F2N3O4/c19-17(20)12-9-14(18(21)26)23(11-12)16(25)10-22-15(24)7-4-8-27-13-5-2-1-3-6-13/h1-3,5-6,12,14,17H,4,7-11H2,(H2,21,26)(H,22,24). The van der Waals surface area contributed by atoms with Crippen LogP contribution in [-0.2, 0) is 14.4 Å². The van der Waals surface area contributed by atoms with Gasteiger partial charge in [-0.2, -0.15) is 0 Å². The summed E-state index contributed by atoms with van der Waals surface area (Å²) < 4.78 is 31.2. The topological polar surface area (TPSA) is 102 Å². The molecule has 2 unspecified atom stereocenters. The molecule has 0 radical (unpaired) electrons. The van der Waals surface area contributed by atoms with Crippen LogP contribution in [0.3, 0.4) is 0 Å². The quantitative estimate of drug-likeness (QED) is 0.620. The van der Waals surface area contributed by atoms with Gasteiger partial charge < -0.3 is 20.7 Å². The Balaban J connectivity index is 1.70. The number of carbonyl (C=O) groups excluding carboxylic acids is 3. The highest BCUT2D eigenvalue weighted by Gasteiger charge is 2.41. The first-order valence-electron chi connectivity index (χ1n) is 8.70. The molecule has 3 amide bonds. The van der Waals surface area contributed by atoms with Gasteiger partial charge in [-0.25, -0.2) is 8.78 Å². The van der Waals surface area contributed by atoms with Crippen LogP contribution in [0.25, 0.3) is 0 Å². The number of nitrogens with two attached hydrogens (primary N) is 1. The second kappa shape index (κ2) is 9.84. The van der Waals surface area contributed by atoms with Crippen LogP contribution in [0.1, 0.15) is 19.3 Å². The van der Waals surface area contributed by atoms with Crippen molar-refractivity contribution < 1.29 is 27.9 Å². The van der Waals surface area contributed by atoms with Crippen LogP contribution in [0.4, 0.5) is 8.78 Å². The summed E-state index contributed by atoms with van der Waals surface area (Å²) >= 11 is 0. The van der Waals surface area contributed by atoms with Gasteiger partial charge in [0.1, 0.15) is 11.8 Å². The summed E-state index contributed by atoms with van der Waals surface area (Å²) in [6.45, 7) is -0.264. The van der Waals surface area contributed by atoms with E-state index in [1.807, 2.05) is 18.2 Å². The van der Waals surface area contributed by atoms with E-state index in [0.29, 0.717) is 18.8 Å². The molecule has 1 saturated heterocycles. The van der Waals surface area contributed by atoms with E-state index in [-0.39, 0.29) is 31.8 Å². The Labute approximate surface area is 155 Å². The van der Waals surface area contributed by atoms with Gasteiger partial charge in [0.2, 0.25) is 24.1 Å². The Morgan fingerprint density at radius 2 is 1.96 bits per heavy atom. The SMILES string of the molecule is NC(=O)C1CC(C(F)F)CN1C(=O)CNC(=O)CCCOc1ccccc1. The van der Waals surface area contributed by atoms with Crippen molar-refractivity contribution in [3.63, 3.8) is 0 Å². The van der Waals surface area contributed by atoms with Crippen molar-refractivity contribution >= 4 is 17.7 Å². The highest BCUT2D eigenvalue weighted by atomic mass is 19.3. The maximum absolute atomic E-state index is 12.9. The van der Waals surface area contributed by atoms with Gasteiger partial charge in [0.05, 0.1) is 13.2 Å². The molecule has 1 fully saturated rings. The van der Waals surface area contributed by atoms with Crippen LogP contribution >= 0.6 is 0 Å². The Bertz CT molecular complexity index is 657. The summed E-state index contributed by atoms with van der Waals surface area (Å²) in [5, 5.41) is 2.44. The zero-order chi connectivity index (χ0) is 19.8. The number of nitrogens with zero attached hydrogens (tertiary/aromatic N) is 1. The molecule has 0 saturated carbocycles. The van der Waals surface area contributed by atoms with Gasteiger partial charge >= 0.3 is 0 Å². The first-order chi connectivity index (χ1) is 12.9. The molecule has 2 atom stereocenters. The zero-order valence-electron chi connectivity index (χ0n) is 14.8. The van der Waals surface area contributed by atoms with E-state index in [1.54, 1.807) is 12.1 Å². The molecule has 1 aromatic carbocycles. The van der Waals surface area contributed by atoms with E-state index in [2.05, 4.69) is 5.32 Å². The molecule has 1 aliphatic heterocycles. The first kappa shape index (κ1) is 20.6. The minimum Gasteiger partial charge on any atom is -0.494 e. The molecule has 148 valence electrons. The van der Waals surface area contributed by atoms with Crippen LogP contribution in [0, 0.1) is 5.92 Å². The lowest BCUT2D eigenvalue weighted by molar-refractivity contribution is -0.137. The lowest BCUT2D eigenvalue weighted by Gasteiger charge is -2.22. The number of ether oxygens (including phenoxy) is 1. The van der Waals surface area contributed by atoms with Crippen molar-refractivity contribution in [3.05, 3.63) is 30.3 Å². The van der Waals surface area contributed by atoms with E-state index < -0.39 is 30.2 Å². The molecule has 9 heteroatoms. The molecule has 27 heavy (non-hydrogen) atoms. The number of benzene rings is 1. The van der Waals surface area contributed by atoms with Crippen molar-refractivity contribution in [2.75, 3.05) is 19.7 Å². The average molecular weight is 383 g/mol. The van der Waals surface area contributed by atoms with Crippen LogP contribution < -0.4 is 15.8 Å². The fourth-order valence-electron chi connectivity index (χ4n) is 2.90. The van der Waals surface area contributed by atoms with Gasteiger partial charge in [0, 0.05) is 18.9 Å². The molecule has 1 aliphatic rings. The van der Waals surface area contributed by atoms with E-state index >= 15 is 0 Å². The molecule has 0 bridgehead atoms. The van der Waals surface area contributed by atoms with Crippen molar-refractivity contribution in [3.8, 4) is 5.75 Å². The zero-order valence-corrected chi connectivity index (χ0v) is 14.8. The first-order valence-corrected chi connectivity index (χ1v) is 8.70. The van der Waals surface area contributed by atoms with E-state index in [9.17, 15) is 23.2 Å². The second-order valence-electron chi connectivity index (χ2n) is 6.34. The summed E-state index contributed by atoms with van der Waals surface area (Å²) in [6.07, 6.45) is -2.19. The molecule has 7 nitrogen and oxygen atoms in total. The molecule has 3 N–H and O–H groups in total. The molecular weight excluding hydrogens is 360 g/mol. The molecule has 2 rings (SSSR count). The van der Waals surface area contributed by atoms with Gasteiger partial charge in [-0.1, -0.05) is 18.2 Å². The molecule has 0 aliphatic carbocycles. The highest BCUT2D eigenvalue weighted by molar-refractivity contribution is 5.90. The van der Waals surface area contributed by atoms with E-state index in [4.69, 9.17) is 10.5 Å². The number of hydrogen-bond acceptors (Lipinski definition) is 4. The fraction of sp³-hybridized carbons (Fsp3) is 0.500. The van der Waals surface area contributed by atoms with Gasteiger partial charge in [0.25, 0.3) is 0 Å². The summed E-state index contributed by atoms with van der Waals surface area (Å²) in [7, 11) is 0. The number of alkyl halides is 2. The van der Waals surface area contributed by atoms with Crippen molar-refractivity contribution in [1.82, 2.24) is 10.2 Å². The van der Waals surface area contributed by atoms with Crippen molar-refractivity contribution in [2.24, 2.45) is 11.7 Å². The Morgan fingerprint density at radius 1 is 1.26 bits per heavy atom. The largest absolute Gasteiger partial charge is 0.494 e. The maximum Gasteiger partial charge on any atom is 0.243 e. The van der Waals surface area contributed by atoms with Gasteiger partial charge in [0.15, 0.2) is 0 Å². The Morgan fingerprint density at radius 3 is 2.59 bits per heavy atom. The fourth-order valence-corrected chi connectivity index (χ4v) is 2.90. The Kier molecular flexibility index (Phi) is 7.51. The predicted molar refractivity (Wildman–Crippen MR) is 93.0 cm³/mol. The van der Waals surface area contributed by atoms with E-state index in [0.717, 1.165) is 4.90 Å². The smallest absolute Gasteiger partial charge is 0.243 e. The third-order valence-corrected chi connectivity index (χ3v) is 4.34. The summed E-state index contributed by atoms with van der Waals surface area (Å²) in [5.74, 6) is -2.17. The number of hydrogen-bond donors (Lipinski definition) is 2. The third-order valence-electron chi connectivity index (χ3n) is 4.34. The average Bonchev–Trinajstić information content (AvgIpc) is 3.10. The van der Waals surface area contributed by atoms with Crippen molar-refractivity contribution in [2.45, 2.75) is 31.7 Å². The molecule has 0 spiro atoms. The van der Waals surface area contributed by atoms with E-state index in [1.165, 1.54) is 0 Å². The van der Waals surface area contributed by atoms with Crippen LogP contribution in [0.5, 0.6) is 5.75 Å².